The van der Waals surface area contributed by atoms with E-state index in [1.54, 1.807) is 0 Å². The van der Waals surface area contributed by atoms with Crippen molar-refractivity contribution in [2.45, 2.75) is 70.5 Å². The Balaban J connectivity index is 1.69. The number of carbonyl (C=O) groups excluding carboxylic acids is 1. The van der Waals surface area contributed by atoms with E-state index in [0.717, 1.165) is 44.9 Å². The minimum Gasteiger partial charge on any atom is -0.393 e. The van der Waals surface area contributed by atoms with Gasteiger partial charge in [0.15, 0.2) is 5.78 Å². The summed E-state index contributed by atoms with van der Waals surface area (Å²) in [6, 6.07) is 0. The molecule has 3 saturated carbocycles. The number of hydrogen-bond donors (Lipinski definition) is 2. The zero-order valence-corrected chi connectivity index (χ0v) is 13.5. The summed E-state index contributed by atoms with van der Waals surface area (Å²) in [5.41, 5.74) is 1.26. The third-order valence-corrected chi connectivity index (χ3v) is 7.61. The Morgan fingerprint density at radius 2 is 2.00 bits per heavy atom. The molecular weight excluding hydrogens is 276 g/mol. The van der Waals surface area contributed by atoms with E-state index in [4.69, 9.17) is 0 Å². The molecule has 0 aromatic carbocycles. The van der Waals surface area contributed by atoms with Gasteiger partial charge in [-0.05, 0) is 74.7 Å². The first-order valence-electron chi connectivity index (χ1n) is 9.16. The predicted octanol–water partition coefficient (Wildman–Crippen LogP) is 2.85. The van der Waals surface area contributed by atoms with Crippen molar-refractivity contribution < 1.29 is 15.0 Å². The van der Waals surface area contributed by atoms with Crippen molar-refractivity contribution in [2.75, 3.05) is 0 Å². The van der Waals surface area contributed by atoms with Crippen molar-refractivity contribution in [3.05, 3.63) is 11.6 Å². The van der Waals surface area contributed by atoms with Crippen molar-refractivity contribution in [1.82, 2.24) is 0 Å². The molecule has 0 heterocycles. The Bertz CT molecular complexity index is 511. The molecule has 122 valence electrons. The van der Waals surface area contributed by atoms with Gasteiger partial charge >= 0.3 is 0 Å². The van der Waals surface area contributed by atoms with Crippen molar-refractivity contribution >= 4 is 5.78 Å². The maximum Gasteiger partial charge on any atom is 0.155 e. The first-order valence-corrected chi connectivity index (χ1v) is 9.16. The quantitative estimate of drug-likeness (QED) is 0.783. The highest BCUT2D eigenvalue weighted by atomic mass is 16.3. The molecule has 0 aromatic rings. The van der Waals surface area contributed by atoms with Gasteiger partial charge in [0.1, 0.15) is 0 Å². The summed E-state index contributed by atoms with van der Waals surface area (Å²) in [5.74, 6) is 2.12. The number of hydrogen-bond acceptors (Lipinski definition) is 3. The molecule has 22 heavy (non-hydrogen) atoms. The summed E-state index contributed by atoms with van der Waals surface area (Å²) in [4.78, 5) is 11.7. The van der Waals surface area contributed by atoms with Gasteiger partial charge in [0, 0.05) is 11.8 Å². The van der Waals surface area contributed by atoms with E-state index in [0.29, 0.717) is 30.1 Å². The molecule has 0 aromatic heterocycles. The van der Waals surface area contributed by atoms with E-state index in [1.807, 2.05) is 6.08 Å². The van der Waals surface area contributed by atoms with Crippen LogP contribution in [-0.2, 0) is 4.79 Å². The molecule has 4 rings (SSSR count). The highest BCUT2D eigenvalue weighted by molar-refractivity contribution is 5.91. The van der Waals surface area contributed by atoms with Crippen LogP contribution in [0.3, 0.4) is 0 Å². The van der Waals surface area contributed by atoms with Crippen LogP contribution in [0.2, 0.25) is 0 Å². The molecule has 7 atom stereocenters. The lowest BCUT2D eigenvalue weighted by Crippen LogP contribution is -2.54. The SMILES string of the molecule is CC[C@]12C[C@H](O)[C@@H]3C4CCC(=O)C=C4CC[C@H]3[C@@H]1CC[C@@H]2O. The second kappa shape index (κ2) is 5.17. The summed E-state index contributed by atoms with van der Waals surface area (Å²) in [7, 11) is 0. The largest absolute Gasteiger partial charge is 0.393 e. The molecule has 3 nitrogen and oxygen atoms in total. The Morgan fingerprint density at radius 1 is 1.18 bits per heavy atom. The van der Waals surface area contributed by atoms with E-state index < -0.39 is 0 Å². The van der Waals surface area contributed by atoms with Crippen LogP contribution in [0.4, 0.5) is 0 Å². The minimum absolute atomic E-state index is 0.0493. The average molecular weight is 304 g/mol. The second-order valence-electron chi connectivity index (χ2n) is 8.17. The molecule has 4 aliphatic rings. The van der Waals surface area contributed by atoms with Crippen LogP contribution in [0.5, 0.6) is 0 Å². The minimum atomic E-state index is -0.309. The van der Waals surface area contributed by atoms with Crippen molar-refractivity contribution in [3.63, 3.8) is 0 Å². The van der Waals surface area contributed by atoms with Gasteiger partial charge in [-0.15, -0.1) is 0 Å². The second-order valence-corrected chi connectivity index (χ2v) is 8.17. The van der Waals surface area contributed by atoms with Crippen LogP contribution >= 0.6 is 0 Å². The van der Waals surface area contributed by atoms with E-state index in [1.165, 1.54) is 5.57 Å². The Kier molecular flexibility index (Phi) is 3.50. The monoisotopic (exact) mass is 304 g/mol. The molecule has 0 saturated heterocycles. The standard InChI is InChI=1S/C19H28O3/c1-2-19-10-16(21)18-13-6-4-12(20)9-11(13)3-5-14(18)15(19)7-8-17(19)22/h9,13-18,21-22H,2-8,10H2,1H3/t13?,14-,15-,16-,17-,18+,19-/m0/s1. The number of aliphatic hydroxyl groups excluding tert-OH is 2. The molecule has 0 amide bonds. The van der Waals surface area contributed by atoms with Crippen LogP contribution in [0.1, 0.15) is 58.3 Å². The lowest BCUT2D eigenvalue weighted by atomic mass is 9.50. The highest BCUT2D eigenvalue weighted by Gasteiger charge is 2.60. The van der Waals surface area contributed by atoms with Crippen LogP contribution in [0.15, 0.2) is 11.6 Å². The molecule has 0 radical (unpaired) electrons. The summed E-state index contributed by atoms with van der Waals surface area (Å²) in [5, 5.41) is 21.5. The zero-order chi connectivity index (χ0) is 15.5. The fourth-order valence-corrected chi connectivity index (χ4v) is 6.67. The van der Waals surface area contributed by atoms with E-state index in [2.05, 4.69) is 6.92 Å². The molecule has 3 heteroatoms. The number of allylic oxidation sites excluding steroid dienone is 1. The molecule has 2 N–H and O–H groups in total. The van der Waals surface area contributed by atoms with Gasteiger partial charge in [0.25, 0.3) is 0 Å². The Labute approximate surface area is 132 Å². The molecule has 3 fully saturated rings. The molecule has 0 bridgehead atoms. The van der Waals surface area contributed by atoms with Crippen LogP contribution in [-0.4, -0.2) is 28.2 Å². The first-order chi connectivity index (χ1) is 10.6. The number of fused-ring (bicyclic) bond motifs is 5. The smallest absolute Gasteiger partial charge is 0.155 e. The van der Waals surface area contributed by atoms with Gasteiger partial charge in [0.05, 0.1) is 12.2 Å². The topological polar surface area (TPSA) is 57.5 Å². The predicted molar refractivity (Wildman–Crippen MR) is 84.1 cm³/mol. The van der Waals surface area contributed by atoms with Crippen LogP contribution < -0.4 is 0 Å². The first kappa shape index (κ1) is 14.9. The van der Waals surface area contributed by atoms with Crippen molar-refractivity contribution in [2.24, 2.45) is 29.1 Å². The third-order valence-electron chi connectivity index (χ3n) is 7.61. The molecule has 0 aliphatic heterocycles. The fraction of sp³-hybridized carbons (Fsp3) is 0.842. The lowest BCUT2D eigenvalue weighted by molar-refractivity contribution is -0.131. The lowest BCUT2D eigenvalue weighted by Gasteiger charge is -2.56. The number of aliphatic hydroxyl groups is 2. The highest BCUT2D eigenvalue weighted by Crippen LogP contribution is 2.63. The summed E-state index contributed by atoms with van der Waals surface area (Å²) >= 11 is 0. The van der Waals surface area contributed by atoms with Gasteiger partial charge in [-0.25, -0.2) is 0 Å². The number of carbonyl (C=O) groups is 1. The van der Waals surface area contributed by atoms with E-state index in [9.17, 15) is 15.0 Å². The van der Waals surface area contributed by atoms with Gasteiger partial charge in [0.2, 0.25) is 0 Å². The van der Waals surface area contributed by atoms with Gasteiger partial charge in [-0.3, -0.25) is 4.79 Å². The number of rotatable bonds is 1. The summed E-state index contributed by atoms with van der Waals surface area (Å²) in [6.45, 7) is 2.18. The Morgan fingerprint density at radius 3 is 2.77 bits per heavy atom. The summed E-state index contributed by atoms with van der Waals surface area (Å²) in [6.07, 6.45) is 8.79. The van der Waals surface area contributed by atoms with Gasteiger partial charge in [-0.2, -0.15) is 0 Å². The van der Waals surface area contributed by atoms with Crippen LogP contribution in [0.25, 0.3) is 0 Å². The molecular formula is C19H28O3. The summed E-state index contributed by atoms with van der Waals surface area (Å²) < 4.78 is 0. The number of ketones is 1. The van der Waals surface area contributed by atoms with Crippen LogP contribution in [0, 0.1) is 29.1 Å². The molecule has 1 unspecified atom stereocenters. The molecule has 4 aliphatic carbocycles. The van der Waals surface area contributed by atoms with Crippen molar-refractivity contribution in [3.8, 4) is 0 Å². The normalized spacial score (nSPS) is 50.9. The Hall–Kier alpha value is -0.670. The zero-order valence-electron chi connectivity index (χ0n) is 13.5. The molecule has 0 spiro atoms. The maximum absolute atomic E-state index is 11.7. The fourth-order valence-electron chi connectivity index (χ4n) is 6.67. The van der Waals surface area contributed by atoms with E-state index >= 15 is 0 Å². The average Bonchev–Trinajstić information content (AvgIpc) is 2.84. The van der Waals surface area contributed by atoms with Crippen molar-refractivity contribution in [1.29, 1.82) is 0 Å². The maximum atomic E-state index is 11.7. The van der Waals surface area contributed by atoms with E-state index in [-0.39, 0.29) is 23.4 Å². The van der Waals surface area contributed by atoms with Gasteiger partial charge < -0.3 is 10.2 Å². The third kappa shape index (κ3) is 1.91. The van der Waals surface area contributed by atoms with Gasteiger partial charge in [-0.1, -0.05) is 12.5 Å².